The van der Waals surface area contributed by atoms with Gasteiger partial charge >= 0.3 is 6.09 Å². The van der Waals surface area contributed by atoms with Crippen LogP contribution in [0, 0.1) is 0 Å². The van der Waals surface area contributed by atoms with E-state index in [0.29, 0.717) is 12.6 Å². The van der Waals surface area contributed by atoms with Crippen LogP contribution in [0.4, 0.5) is 10.5 Å². The van der Waals surface area contributed by atoms with Crippen LogP contribution in [-0.2, 0) is 11.3 Å². The molecule has 0 spiro atoms. The minimum Gasteiger partial charge on any atom is -0.444 e. The Morgan fingerprint density at radius 3 is 2.57 bits per heavy atom. The zero-order valence-corrected chi connectivity index (χ0v) is 13.8. The van der Waals surface area contributed by atoms with E-state index in [1.165, 1.54) is 0 Å². The predicted molar refractivity (Wildman–Crippen MR) is 87.5 cm³/mol. The van der Waals surface area contributed by atoms with Crippen LogP contribution in [0.25, 0.3) is 0 Å². The highest BCUT2D eigenvalue weighted by Crippen LogP contribution is 2.17. The maximum atomic E-state index is 11.7. The summed E-state index contributed by atoms with van der Waals surface area (Å²) in [5.74, 6) is 0. The molecule has 1 rings (SSSR count). The van der Waals surface area contributed by atoms with Crippen molar-refractivity contribution < 1.29 is 9.53 Å². The van der Waals surface area contributed by atoms with Gasteiger partial charge < -0.3 is 15.4 Å². The standard InChI is InChI=1S/C17H28N2O2/c1-6-9-13(2)19-15-11-8-7-10-14(15)12-18-16(20)21-17(3,4)5/h7-8,10-11,13,19H,6,9,12H2,1-5H3,(H,18,20). The van der Waals surface area contributed by atoms with Crippen molar-refractivity contribution in [2.75, 3.05) is 5.32 Å². The molecule has 2 N–H and O–H groups in total. The fourth-order valence-electron chi connectivity index (χ4n) is 2.07. The van der Waals surface area contributed by atoms with Gasteiger partial charge in [0.15, 0.2) is 0 Å². The number of hydrogen-bond acceptors (Lipinski definition) is 3. The van der Waals surface area contributed by atoms with Gasteiger partial charge in [0, 0.05) is 18.3 Å². The van der Waals surface area contributed by atoms with Crippen molar-refractivity contribution in [3.8, 4) is 0 Å². The Balaban J connectivity index is 2.61. The van der Waals surface area contributed by atoms with Crippen molar-refractivity contribution in [3.63, 3.8) is 0 Å². The Hall–Kier alpha value is -1.71. The van der Waals surface area contributed by atoms with Crippen LogP contribution in [0.2, 0.25) is 0 Å². The molecule has 1 atom stereocenters. The van der Waals surface area contributed by atoms with E-state index in [-0.39, 0.29) is 6.09 Å². The molecular weight excluding hydrogens is 264 g/mol. The van der Waals surface area contributed by atoms with E-state index in [1.54, 1.807) is 0 Å². The molecule has 1 amide bonds. The number of rotatable bonds is 6. The van der Waals surface area contributed by atoms with E-state index in [4.69, 9.17) is 4.74 Å². The molecule has 4 heteroatoms. The number of nitrogens with one attached hydrogen (secondary N) is 2. The number of amides is 1. The highest BCUT2D eigenvalue weighted by Gasteiger charge is 2.16. The molecule has 0 saturated carbocycles. The number of para-hydroxylation sites is 1. The van der Waals surface area contributed by atoms with Gasteiger partial charge in [0.25, 0.3) is 0 Å². The molecule has 0 fully saturated rings. The van der Waals surface area contributed by atoms with Gasteiger partial charge in [-0.25, -0.2) is 4.79 Å². The zero-order chi connectivity index (χ0) is 15.9. The summed E-state index contributed by atoms with van der Waals surface area (Å²) in [6.07, 6.45) is 1.87. The number of carbonyl (C=O) groups is 1. The lowest BCUT2D eigenvalue weighted by molar-refractivity contribution is 0.0523. The van der Waals surface area contributed by atoms with Gasteiger partial charge in [0.1, 0.15) is 5.60 Å². The third-order valence-corrected chi connectivity index (χ3v) is 2.96. The fourth-order valence-corrected chi connectivity index (χ4v) is 2.07. The van der Waals surface area contributed by atoms with Crippen molar-refractivity contribution >= 4 is 11.8 Å². The molecule has 0 aromatic heterocycles. The molecule has 0 aliphatic carbocycles. The number of alkyl carbamates (subject to hydrolysis) is 1. The summed E-state index contributed by atoms with van der Waals surface area (Å²) >= 11 is 0. The van der Waals surface area contributed by atoms with Crippen LogP contribution < -0.4 is 10.6 Å². The smallest absolute Gasteiger partial charge is 0.407 e. The molecule has 118 valence electrons. The summed E-state index contributed by atoms with van der Waals surface area (Å²) in [5.41, 5.74) is 1.65. The minimum absolute atomic E-state index is 0.390. The zero-order valence-electron chi connectivity index (χ0n) is 13.8. The predicted octanol–water partition coefficient (Wildman–Crippen LogP) is 4.31. The number of carbonyl (C=O) groups excluding carboxylic acids is 1. The van der Waals surface area contributed by atoms with E-state index in [9.17, 15) is 4.79 Å². The van der Waals surface area contributed by atoms with Crippen LogP contribution in [0.15, 0.2) is 24.3 Å². The molecule has 0 heterocycles. The van der Waals surface area contributed by atoms with Gasteiger partial charge in [-0.2, -0.15) is 0 Å². The second-order valence-corrected chi connectivity index (χ2v) is 6.35. The first kappa shape index (κ1) is 17.3. The Labute approximate surface area is 128 Å². The Kier molecular flexibility index (Phi) is 6.53. The van der Waals surface area contributed by atoms with Crippen molar-refractivity contribution in [1.29, 1.82) is 0 Å². The maximum Gasteiger partial charge on any atom is 0.407 e. The van der Waals surface area contributed by atoms with E-state index in [2.05, 4.69) is 24.5 Å². The second-order valence-electron chi connectivity index (χ2n) is 6.35. The summed E-state index contributed by atoms with van der Waals surface area (Å²) in [6.45, 7) is 10.4. The van der Waals surface area contributed by atoms with Gasteiger partial charge in [-0.1, -0.05) is 31.5 Å². The molecule has 0 aliphatic rings. The normalized spacial score (nSPS) is 12.6. The van der Waals surface area contributed by atoms with Crippen molar-refractivity contribution in [1.82, 2.24) is 5.32 Å². The quantitative estimate of drug-likeness (QED) is 0.821. The first-order valence-electron chi connectivity index (χ1n) is 7.63. The molecule has 4 nitrogen and oxygen atoms in total. The first-order valence-corrected chi connectivity index (χ1v) is 7.63. The van der Waals surface area contributed by atoms with E-state index < -0.39 is 5.60 Å². The molecular formula is C17H28N2O2. The summed E-state index contributed by atoms with van der Waals surface area (Å²) in [6, 6.07) is 8.44. The van der Waals surface area contributed by atoms with E-state index in [1.807, 2.05) is 45.0 Å². The van der Waals surface area contributed by atoms with Crippen LogP contribution in [0.3, 0.4) is 0 Å². The Bertz CT molecular complexity index is 452. The third-order valence-electron chi connectivity index (χ3n) is 2.96. The minimum atomic E-state index is -0.475. The van der Waals surface area contributed by atoms with Gasteiger partial charge in [0.2, 0.25) is 0 Å². The molecule has 0 saturated heterocycles. The molecule has 1 unspecified atom stereocenters. The van der Waals surface area contributed by atoms with Crippen LogP contribution >= 0.6 is 0 Å². The number of hydrogen-bond donors (Lipinski definition) is 2. The van der Waals surface area contributed by atoms with Crippen LogP contribution in [0.1, 0.15) is 53.0 Å². The van der Waals surface area contributed by atoms with E-state index in [0.717, 1.165) is 24.1 Å². The fraction of sp³-hybridized carbons (Fsp3) is 0.588. The Morgan fingerprint density at radius 1 is 1.29 bits per heavy atom. The molecule has 0 aliphatic heterocycles. The first-order chi connectivity index (χ1) is 9.81. The van der Waals surface area contributed by atoms with Gasteiger partial charge in [-0.3, -0.25) is 0 Å². The van der Waals surface area contributed by atoms with Crippen molar-refractivity contribution in [2.45, 2.75) is 65.6 Å². The summed E-state index contributed by atoms with van der Waals surface area (Å²) in [5, 5.41) is 6.29. The molecule has 0 bridgehead atoms. The maximum absolute atomic E-state index is 11.7. The van der Waals surface area contributed by atoms with Gasteiger partial charge in [-0.05, 0) is 45.7 Å². The summed E-state index contributed by atoms with van der Waals surface area (Å²) in [7, 11) is 0. The molecule has 21 heavy (non-hydrogen) atoms. The van der Waals surface area contributed by atoms with Crippen LogP contribution in [-0.4, -0.2) is 17.7 Å². The molecule has 0 radical (unpaired) electrons. The van der Waals surface area contributed by atoms with E-state index >= 15 is 0 Å². The van der Waals surface area contributed by atoms with Gasteiger partial charge in [0.05, 0.1) is 0 Å². The lowest BCUT2D eigenvalue weighted by Gasteiger charge is -2.21. The summed E-state index contributed by atoms with van der Waals surface area (Å²) in [4.78, 5) is 11.7. The summed E-state index contributed by atoms with van der Waals surface area (Å²) < 4.78 is 5.25. The lowest BCUT2D eigenvalue weighted by atomic mass is 10.1. The second kappa shape index (κ2) is 7.91. The highest BCUT2D eigenvalue weighted by molar-refractivity contribution is 5.68. The van der Waals surface area contributed by atoms with Crippen LogP contribution in [0.5, 0.6) is 0 Å². The number of ether oxygens (including phenoxy) is 1. The van der Waals surface area contributed by atoms with Gasteiger partial charge in [-0.15, -0.1) is 0 Å². The lowest BCUT2D eigenvalue weighted by Crippen LogP contribution is -2.32. The number of benzene rings is 1. The number of anilines is 1. The van der Waals surface area contributed by atoms with Crippen molar-refractivity contribution in [3.05, 3.63) is 29.8 Å². The Morgan fingerprint density at radius 2 is 1.95 bits per heavy atom. The largest absolute Gasteiger partial charge is 0.444 e. The van der Waals surface area contributed by atoms with Crippen molar-refractivity contribution in [2.24, 2.45) is 0 Å². The monoisotopic (exact) mass is 292 g/mol. The molecule has 1 aromatic carbocycles. The topological polar surface area (TPSA) is 50.4 Å². The average molecular weight is 292 g/mol. The third kappa shape index (κ3) is 7.02. The molecule has 1 aromatic rings. The highest BCUT2D eigenvalue weighted by atomic mass is 16.6. The average Bonchev–Trinajstić information content (AvgIpc) is 2.36. The SMILES string of the molecule is CCCC(C)Nc1ccccc1CNC(=O)OC(C)(C)C.